The van der Waals surface area contributed by atoms with E-state index in [0.717, 1.165) is 15.7 Å². The molecule has 3 aromatic rings. The van der Waals surface area contributed by atoms with Crippen molar-refractivity contribution in [3.63, 3.8) is 0 Å². The van der Waals surface area contributed by atoms with E-state index >= 15 is 0 Å². The molecule has 23 heavy (non-hydrogen) atoms. The van der Waals surface area contributed by atoms with Crippen LogP contribution in [-0.4, -0.2) is 17.6 Å². The van der Waals surface area contributed by atoms with Crippen LogP contribution in [0.1, 0.15) is 10.4 Å². The third-order valence-corrected chi connectivity index (χ3v) is 4.47. The largest absolute Gasteiger partial charge is 0.292 e. The predicted molar refractivity (Wildman–Crippen MR) is 93.6 cm³/mol. The number of fused-ring (bicyclic) bond motifs is 1. The highest BCUT2D eigenvalue weighted by atomic mass is 32.2. The second-order valence-electron chi connectivity index (χ2n) is 5.01. The van der Waals surface area contributed by atoms with Crippen molar-refractivity contribution in [2.75, 3.05) is 5.75 Å². The Kier molecular flexibility index (Phi) is 4.74. The van der Waals surface area contributed by atoms with Gasteiger partial charge >= 0.3 is 0 Å². The average Bonchev–Trinajstić information content (AvgIpc) is 2.60. The van der Waals surface area contributed by atoms with Gasteiger partial charge in [0, 0.05) is 10.5 Å². The molecule has 0 fully saturated rings. The van der Waals surface area contributed by atoms with E-state index in [1.807, 2.05) is 48.5 Å². The molecule has 3 nitrogen and oxygen atoms in total. The number of carbonyl (C=O) groups excluding carboxylic acids is 2. The van der Waals surface area contributed by atoms with Crippen LogP contribution in [0.25, 0.3) is 10.8 Å². The van der Waals surface area contributed by atoms with Gasteiger partial charge in [0.15, 0.2) is 0 Å². The van der Waals surface area contributed by atoms with Crippen molar-refractivity contribution < 1.29 is 9.59 Å². The van der Waals surface area contributed by atoms with Gasteiger partial charge in [-0.05, 0) is 29.0 Å². The molecule has 2 amide bonds. The molecule has 0 saturated heterocycles. The van der Waals surface area contributed by atoms with Gasteiger partial charge in [-0.25, -0.2) is 0 Å². The molecule has 3 aromatic carbocycles. The summed E-state index contributed by atoms with van der Waals surface area (Å²) in [5.74, 6) is -0.460. The number of amides is 2. The molecule has 3 rings (SSSR count). The first-order valence-electron chi connectivity index (χ1n) is 7.24. The lowest BCUT2D eigenvalue weighted by molar-refractivity contribution is -0.117. The van der Waals surface area contributed by atoms with Gasteiger partial charge < -0.3 is 0 Å². The first kappa shape index (κ1) is 15.3. The molecule has 0 aliphatic rings. The van der Waals surface area contributed by atoms with Gasteiger partial charge in [0.05, 0.1) is 5.75 Å². The van der Waals surface area contributed by atoms with Gasteiger partial charge in [-0.15, -0.1) is 11.8 Å². The summed E-state index contributed by atoms with van der Waals surface area (Å²) >= 11 is 1.43. The van der Waals surface area contributed by atoms with Crippen LogP contribution in [0.5, 0.6) is 0 Å². The van der Waals surface area contributed by atoms with Crippen LogP contribution in [-0.2, 0) is 4.79 Å². The van der Waals surface area contributed by atoms with Crippen LogP contribution in [0, 0.1) is 0 Å². The van der Waals surface area contributed by atoms with Crippen molar-refractivity contribution in [3.8, 4) is 0 Å². The molecular weight excluding hydrogens is 306 g/mol. The number of nitrogens with one attached hydrogen (secondary N) is 1. The molecule has 4 heteroatoms. The number of carbonyl (C=O) groups is 2. The lowest BCUT2D eigenvalue weighted by Crippen LogP contribution is -2.31. The van der Waals surface area contributed by atoms with E-state index in [2.05, 4.69) is 5.32 Å². The summed E-state index contributed by atoms with van der Waals surface area (Å²) in [4.78, 5) is 25.0. The Morgan fingerprint density at radius 1 is 0.826 bits per heavy atom. The third-order valence-electron chi connectivity index (χ3n) is 3.40. The van der Waals surface area contributed by atoms with Crippen LogP contribution < -0.4 is 5.32 Å². The van der Waals surface area contributed by atoms with Crippen molar-refractivity contribution in [1.29, 1.82) is 0 Å². The number of benzene rings is 3. The Hall–Kier alpha value is -2.59. The maximum absolute atomic E-state index is 12.0. The topological polar surface area (TPSA) is 46.2 Å². The van der Waals surface area contributed by atoms with Crippen molar-refractivity contribution in [2.24, 2.45) is 0 Å². The fourth-order valence-electron chi connectivity index (χ4n) is 2.29. The Bertz CT molecular complexity index is 841. The van der Waals surface area contributed by atoms with Crippen molar-refractivity contribution >= 4 is 34.3 Å². The van der Waals surface area contributed by atoms with Gasteiger partial charge in [0.25, 0.3) is 5.91 Å². The zero-order valence-corrected chi connectivity index (χ0v) is 13.2. The van der Waals surface area contributed by atoms with Crippen LogP contribution in [0.2, 0.25) is 0 Å². The fraction of sp³-hybridized carbons (Fsp3) is 0.0526. The smallest absolute Gasteiger partial charge is 0.257 e. The predicted octanol–water partition coefficient (Wildman–Crippen LogP) is 3.89. The highest BCUT2D eigenvalue weighted by molar-refractivity contribution is 8.00. The first-order chi connectivity index (χ1) is 11.2. The standard InChI is InChI=1S/C19H15NO2S/c21-18(20-19(22)15-8-2-1-3-9-15)13-23-17-12-6-10-14-7-4-5-11-16(14)17/h1-12H,13H2,(H,20,21,22). The molecule has 0 aliphatic carbocycles. The Morgan fingerprint density at radius 3 is 2.35 bits per heavy atom. The summed E-state index contributed by atoms with van der Waals surface area (Å²) in [7, 11) is 0. The van der Waals surface area contributed by atoms with Crippen LogP contribution >= 0.6 is 11.8 Å². The monoisotopic (exact) mass is 321 g/mol. The molecule has 0 heterocycles. The molecule has 0 saturated carbocycles. The molecule has 0 radical (unpaired) electrons. The molecule has 0 aromatic heterocycles. The van der Waals surface area contributed by atoms with E-state index in [1.54, 1.807) is 24.3 Å². The number of thioether (sulfide) groups is 1. The number of imide groups is 1. The van der Waals surface area contributed by atoms with Gasteiger partial charge in [-0.2, -0.15) is 0 Å². The fourth-order valence-corrected chi connectivity index (χ4v) is 3.16. The second kappa shape index (κ2) is 7.11. The summed E-state index contributed by atoms with van der Waals surface area (Å²) in [6, 6.07) is 22.8. The molecule has 0 bridgehead atoms. The van der Waals surface area contributed by atoms with Crippen molar-refractivity contribution in [3.05, 3.63) is 78.4 Å². The van der Waals surface area contributed by atoms with Gasteiger partial charge in [0.2, 0.25) is 5.91 Å². The van der Waals surface area contributed by atoms with Crippen LogP contribution in [0.3, 0.4) is 0 Å². The van der Waals surface area contributed by atoms with E-state index in [1.165, 1.54) is 11.8 Å². The molecule has 0 spiro atoms. The minimum Gasteiger partial charge on any atom is -0.292 e. The maximum atomic E-state index is 12.0. The van der Waals surface area contributed by atoms with E-state index in [0.29, 0.717) is 5.56 Å². The quantitative estimate of drug-likeness (QED) is 0.742. The summed E-state index contributed by atoms with van der Waals surface area (Å²) in [5, 5.41) is 4.67. The lowest BCUT2D eigenvalue weighted by Gasteiger charge is -2.07. The summed E-state index contributed by atoms with van der Waals surface area (Å²) in [5.41, 5.74) is 0.482. The summed E-state index contributed by atoms with van der Waals surface area (Å²) in [6.07, 6.45) is 0. The van der Waals surface area contributed by atoms with Gasteiger partial charge in [-0.3, -0.25) is 14.9 Å². The molecular formula is C19H15NO2S. The zero-order valence-electron chi connectivity index (χ0n) is 12.4. The molecule has 1 N–H and O–H groups in total. The van der Waals surface area contributed by atoms with E-state index in [9.17, 15) is 9.59 Å². The van der Waals surface area contributed by atoms with Crippen LogP contribution in [0.4, 0.5) is 0 Å². The molecule has 0 atom stereocenters. The van der Waals surface area contributed by atoms with Gasteiger partial charge in [-0.1, -0.05) is 54.6 Å². The third kappa shape index (κ3) is 3.79. The highest BCUT2D eigenvalue weighted by Gasteiger charge is 2.11. The number of hydrogen-bond acceptors (Lipinski definition) is 3. The SMILES string of the molecule is O=C(CSc1cccc2ccccc12)NC(=O)c1ccccc1. The minimum absolute atomic E-state index is 0.201. The summed E-state index contributed by atoms with van der Waals surface area (Å²) in [6.45, 7) is 0. The van der Waals surface area contributed by atoms with Gasteiger partial charge in [0.1, 0.15) is 0 Å². The van der Waals surface area contributed by atoms with E-state index < -0.39 is 0 Å². The van der Waals surface area contributed by atoms with Crippen molar-refractivity contribution in [2.45, 2.75) is 4.90 Å². The lowest BCUT2D eigenvalue weighted by atomic mass is 10.1. The maximum Gasteiger partial charge on any atom is 0.257 e. The molecule has 0 unspecified atom stereocenters. The summed E-state index contributed by atoms with van der Waals surface area (Å²) < 4.78 is 0. The molecule has 0 aliphatic heterocycles. The highest BCUT2D eigenvalue weighted by Crippen LogP contribution is 2.27. The Labute approximate surface area is 138 Å². The average molecular weight is 321 g/mol. The van der Waals surface area contributed by atoms with Crippen LogP contribution in [0.15, 0.2) is 77.7 Å². The van der Waals surface area contributed by atoms with E-state index in [4.69, 9.17) is 0 Å². The number of hydrogen-bond donors (Lipinski definition) is 1. The Morgan fingerprint density at radius 2 is 1.52 bits per heavy atom. The minimum atomic E-state index is -0.367. The van der Waals surface area contributed by atoms with Crippen molar-refractivity contribution in [1.82, 2.24) is 5.32 Å². The molecule has 114 valence electrons. The van der Waals surface area contributed by atoms with E-state index in [-0.39, 0.29) is 17.6 Å². The number of rotatable bonds is 4. The normalized spacial score (nSPS) is 10.4. The Balaban J connectivity index is 1.64. The second-order valence-corrected chi connectivity index (χ2v) is 6.03. The first-order valence-corrected chi connectivity index (χ1v) is 8.22. The zero-order chi connectivity index (χ0) is 16.1.